The molecule has 0 aromatic carbocycles. The fourth-order valence-electron chi connectivity index (χ4n) is 1.37. The zero-order chi connectivity index (χ0) is 10.6. The van der Waals surface area contributed by atoms with Crippen LogP contribution in [0.3, 0.4) is 0 Å². The van der Waals surface area contributed by atoms with Gasteiger partial charge in [-0.05, 0) is 18.1 Å². The van der Waals surface area contributed by atoms with Crippen LogP contribution in [0.2, 0.25) is 0 Å². The Morgan fingerprint density at radius 2 is 2.43 bits per heavy atom. The van der Waals surface area contributed by atoms with Gasteiger partial charge in [-0.2, -0.15) is 0 Å². The highest BCUT2D eigenvalue weighted by atomic mass is 16.3. The molecule has 0 saturated heterocycles. The molecule has 78 valence electrons. The van der Waals surface area contributed by atoms with E-state index < -0.39 is 6.10 Å². The average molecular weight is 196 g/mol. The second-order valence-electron chi connectivity index (χ2n) is 3.39. The zero-order valence-electron chi connectivity index (χ0n) is 8.31. The van der Waals surface area contributed by atoms with E-state index >= 15 is 0 Å². The third kappa shape index (κ3) is 2.88. The summed E-state index contributed by atoms with van der Waals surface area (Å²) in [6.07, 6.45) is 4.74. The van der Waals surface area contributed by atoms with Gasteiger partial charge in [0, 0.05) is 12.4 Å². The number of hydrogen-bond donors (Lipinski definition) is 2. The minimum absolute atomic E-state index is 0.166. The van der Waals surface area contributed by atoms with Gasteiger partial charge in [0.25, 0.3) is 0 Å². The molecule has 1 aromatic rings. The van der Waals surface area contributed by atoms with Crippen molar-refractivity contribution in [2.75, 3.05) is 0 Å². The average Bonchev–Trinajstić information content (AvgIpc) is 2.52. The molecule has 4 nitrogen and oxygen atoms in total. The lowest BCUT2D eigenvalue weighted by Crippen LogP contribution is -2.17. The maximum absolute atomic E-state index is 10.6. The summed E-state index contributed by atoms with van der Waals surface area (Å²) in [5.74, 6) is -0.378. The molecule has 0 saturated carbocycles. The number of nitrogens with two attached hydrogens (primary N) is 1. The van der Waals surface area contributed by atoms with E-state index in [-0.39, 0.29) is 12.5 Å². The fourth-order valence-corrected chi connectivity index (χ4v) is 1.37. The van der Waals surface area contributed by atoms with E-state index in [0.717, 1.165) is 18.4 Å². The van der Waals surface area contributed by atoms with Gasteiger partial charge in [-0.3, -0.25) is 4.79 Å². The molecular weight excluding hydrogens is 180 g/mol. The summed E-state index contributed by atoms with van der Waals surface area (Å²) in [4.78, 5) is 10.6. The topological polar surface area (TPSA) is 68.2 Å². The van der Waals surface area contributed by atoms with Gasteiger partial charge in [0.05, 0.1) is 6.10 Å². The van der Waals surface area contributed by atoms with E-state index in [0.29, 0.717) is 0 Å². The zero-order valence-corrected chi connectivity index (χ0v) is 8.31. The quantitative estimate of drug-likeness (QED) is 0.731. The first-order valence-electron chi connectivity index (χ1n) is 4.75. The Kier molecular flexibility index (Phi) is 3.71. The highest BCUT2D eigenvalue weighted by molar-refractivity contribution is 5.73. The molecule has 1 rings (SSSR count). The molecule has 3 N–H and O–H groups in total. The number of aliphatic hydroxyl groups is 1. The Balaban J connectivity index is 2.62. The molecule has 14 heavy (non-hydrogen) atoms. The van der Waals surface area contributed by atoms with Crippen molar-refractivity contribution < 1.29 is 9.90 Å². The standard InChI is InChI=1S/C10H16N2O2/c1-2-3-9(13)8-4-5-12(6-8)7-10(11)14/h4-6,9,13H,2-3,7H2,1H3,(H2,11,14). The first-order valence-corrected chi connectivity index (χ1v) is 4.75. The second kappa shape index (κ2) is 4.81. The summed E-state index contributed by atoms with van der Waals surface area (Å²) < 4.78 is 1.68. The van der Waals surface area contributed by atoms with E-state index in [1.165, 1.54) is 0 Å². The Morgan fingerprint density at radius 3 is 3.00 bits per heavy atom. The number of carbonyl (C=O) groups excluding carboxylic acids is 1. The predicted octanol–water partition coefficient (Wildman–Crippen LogP) is 0.807. The monoisotopic (exact) mass is 196 g/mol. The number of aliphatic hydroxyl groups excluding tert-OH is 1. The van der Waals surface area contributed by atoms with E-state index in [1.54, 1.807) is 17.0 Å². The van der Waals surface area contributed by atoms with Crippen LogP contribution in [0.5, 0.6) is 0 Å². The molecule has 4 heteroatoms. The van der Waals surface area contributed by atoms with Crippen molar-refractivity contribution in [3.05, 3.63) is 24.0 Å². The van der Waals surface area contributed by atoms with Crippen molar-refractivity contribution in [3.63, 3.8) is 0 Å². The van der Waals surface area contributed by atoms with E-state index in [4.69, 9.17) is 5.73 Å². The summed E-state index contributed by atoms with van der Waals surface area (Å²) >= 11 is 0. The molecule has 0 fully saturated rings. The highest BCUT2D eigenvalue weighted by Gasteiger charge is 2.08. The number of aromatic nitrogens is 1. The van der Waals surface area contributed by atoms with Gasteiger partial charge in [0.1, 0.15) is 6.54 Å². The molecule has 0 spiro atoms. The molecule has 1 amide bonds. The van der Waals surface area contributed by atoms with Crippen molar-refractivity contribution >= 4 is 5.91 Å². The minimum Gasteiger partial charge on any atom is -0.388 e. The maximum atomic E-state index is 10.6. The van der Waals surface area contributed by atoms with Gasteiger partial charge in [0.15, 0.2) is 0 Å². The van der Waals surface area contributed by atoms with E-state index in [1.807, 2.05) is 13.0 Å². The Hall–Kier alpha value is -1.29. The SMILES string of the molecule is CCCC(O)c1ccn(CC(N)=O)c1. The van der Waals surface area contributed by atoms with Gasteiger partial charge in [0.2, 0.25) is 5.91 Å². The number of hydrogen-bond acceptors (Lipinski definition) is 2. The van der Waals surface area contributed by atoms with Crippen LogP contribution in [0.25, 0.3) is 0 Å². The van der Waals surface area contributed by atoms with Gasteiger partial charge >= 0.3 is 0 Å². The molecule has 1 heterocycles. The molecular formula is C10H16N2O2. The van der Waals surface area contributed by atoms with Crippen LogP contribution in [0.4, 0.5) is 0 Å². The van der Waals surface area contributed by atoms with Crippen molar-refractivity contribution in [1.82, 2.24) is 4.57 Å². The van der Waals surface area contributed by atoms with Crippen LogP contribution < -0.4 is 5.73 Å². The van der Waals surface area contributed by atoms with Crippen molar-refractivity contribution in [3.8, 4) is 0 Å². The van der Waals surface area contributed by atoms with Crippen molar-refractivity contribution in [2.24, 2.45) is 5.73 Å². The van der Waals surface area contributed by atoms with Gasteiger partial charge in [-0.15, -0.1) is 0 Å². The maximum Gasteiger partial charge on any atom is 0.237 e. The lowest BCUT2D eigenvalue weighted by atomic mass is 10.1. The molecule has 0 aliphatic rings. The largest absolute Gasteiger partial charge is 0.388 e. The Bertz CT molecular complexity index is 307. The smallest absolute Gasteiger partial charge is 0.237 e. The molecule has 0 aliphatic heterocycles. The summed E-state index contributed by atoms with van der Waals surface area (Å²) in [5.41, 5.74) is 5.89. The number of rotatable bonds is 5. The number of nitrogens with zero attached hydrogens (tertiary/aromatic N) is 1. The van der Waals surface area contributed by atoms with Gasteiger partial charge in [-0.1, -0.05) is 13.3 Å². The van der Waals surface area contributed by atoms with Gasteiger partial charge in [-0.25, -0.2) is 0 Å². The summed E-state index contributed by atoms with van der Waals surface area (Å²) in [6.45, 7) is 2.18. The predicted molar refractivity (Wildman–Crippen MR) is 53.5 cm³/mol. The normalized spacial score (nSPS) is 12.7. The molecule has 0 bridgehead atoms. The number of primary amides is 1. The Labute approximate surface area is 83.3 Å². The van der Waals surface area contributed by atoms with Crippen LogP contribution >= 0.6 is 0 Å². The lowest BCUT2D eigenvalue weighted by Gasteiger charge is -2.05. The first-order chi connectivity index (χ1) is 6.63. The third-order valence-corrected chi connectivity index (χ3v) is 2.06. The summed E-state index contributed by atoms with van der Waals surface area (Å²) in [6, 6.07) is 1.81. The van der Waals surface area contributed by atoms with E-state index in [9.17, 15) is 9.90 Å². The first kappa shape index (κ1) is 10.8. The molecule has 1 aromatic heterocycles. The van der Waals surface area contributed by atoms with Crippen molar-refractivity contribution in [1.29, 1.82) is 0 Å². The number of amides is 1. The second-order valence-corrected chi connectivity index (χ2v) is 3.39. The van der Waals surface area contributed by atoms with Crippen LogP contribution in [0.1, 0.15) is 31.4 Å². The Morgan fingerprint density at radius 1 is 1.71 bits per heavy atom. The third-order valence-electron chi connectivity index (χ3n) is 2.06. The molecule has 0 radical (unpaired) electrons. The molecule has 1 unspecified atom stereocenters. The van der Waals surface area contributed by atoms with E-state index in [2.05, 4.69) is 0 Å². The van der Waals surface area contributed by atoms with Crippen molar-refractivity contribution in [2.45, 2.75) is 32.4 Å². The van der Waals surface area contributed by atoms with Crippen LogP contribution in [0.15, 0.2) is 18.5 Å². The van der Waals surface area contributed by atoms with Crippen LogP contribution in [0, 0.1) is 0 Å². The minimum atomic E-state index is -0.436. The van der Waals surface area contributed by atoms with Gasteiger partial charge < -0.3 is 15.4 Å². The molecule has 0 aliphatic carbocycles. The molecule has 1 atom stereocenters. The number of carbonyl (C=O) groups is 1. The fraction of sp³-hybridized carbons (Fsp3) is 0.500. The van der Waals surface area contributed by atoms with Crippen LogP contribution in [-0.2, 0) is 11.3 Å². The summed E-state index contributed by atoms with van der Waals surface area (Å²) in [7, 11) is 0. The van der Waals surface area contributed by atoms with Crippen LogP contribution in [-0.4, -0.2) is 15.6 Å². The highest BCUT2D eigenvalue weighted by Crippen LogP contribution is 2.17. The lowest BCUT2D eigenvalue weighted by molar-refractivity contribution is -0.118. The summed E-state index contributed by atoms with van der Waals surface area (Å²) in [5, 5.41) is 9.64.